The van der Waals surface area contributed by atoms with Crippen LogP contribution in [-0.2, 0) is 6.42 Å². The molecular weight excluding hydrogens is 236 g/mol. The molecule has 1 saturated heterocycles. The van der Waals surface area contributed by atoms with Gasteiger partial charge in [0.25, 0.3) is 5.91 Å². The summed E-state index contributed by atoms with van der Waals surface area (Å²) in [4.78, 5) is 18.2. The molecule has 0 aliphatic carbocycles. The van der Waals surface area contributed by atoms with Gasteiger partial charge < -0.3 is 4.90 Å². The molecule has 1 aromatic rings. The third-order valence-electron chi connectivity index (χ3n) is 2.94. The Morgan fingerprint density at radius 1 is 1.59 bits per heavy atom. The number of carbonyl (C=O) groups is 1. The van der Waals surface area contributed by atoms with Crippen LogP contribution in [-0.4, -0.2) is 50.1 Å². The molecule has 6 heteroatoms. The molecule has 0 spiro atoms. The molecule has 1 N–H and O–H groups in total. The number of rotatable bonds is 3. The molecule has 0 aromatic carbocycles. The van der Waals surface area contributed by atoms with Crippen LogP contribution in [0.3, 0.4) is 0 Å². The van der Waals surface area contributed by atoms with Gasteiger partial charge in [-0.25, -0.2) is 4.98 Å². The first kappa shape index (κ1) is 12.4. The molecule has 2 rings (SSSR count). The Kier molecular flexibility index (Phi) is 4.04. The standard InChI is InChI=1S/C11H18N4OS/c1-3-8-7-15(5-6-17-8)11(16)10-12-9(4-2)13-14-10/h8H,3-7H2,1-2H3,(H,12,13,14). The average molecular weight is 254 g/mol. The molecule has 1 atom stereocenters. The Morgan fingerprint density at radius 2 is 2.41 bits per heavy atom. The number of nitrogens with one attached hydrogen (secondary N) is 1. The fourth-order valence-electron chi connectivity index (χ4n) is 1.84. The van der Waals surface area contributed by atoms with Gasteiger partial charge in [-0.15, -0.1) is 5.10 Å². The summed E-state index contributed by atoms with van der Waals surface area (Å²) in [6.45, 7) is 5.76. The first-order valence-corrected chi connectivity index (χ1v) is 7.11. The summed E-state index contributed by atoms with van der Waals surface area (Å²) in [6, 6.07) is 0. The van der Waals surface area contributed by atoms with Crippen LogP contribution in [0.5, 0.6) is 0 Å². The van der Waals surface area contributed by atoms with E-state index >= 15 is 0 Å². The van der Waals surface area contributed by atoms with Gasteiger partial charge in [0.2, 0.25) is 5.82 Å². The smallest absolute Gasteiger partial charge is 0.293 e. The number of amides is 1. The summed E-state index contributed by atoms with van der Waals surface area (Å²) in [5.74, 6) is 2.05. The Hall–Kier alpha value is -1.04. The van der Waals surface area contributed by atoms with Gasteiger partial charge in [-0.2, -0.15) is 11.8 Å². The minimum absolute atomic E-state index is 0.0419. The van der Waals surface area contributed by atoms with Crippen LogP contribution in [0.25, 0.3) is 0 Å². The molecule has 0 radical (unpaired) electrons. The topological polar surface area (TPSA) is 61.9 Å². The molecule has 1 aromatic heterocycles. The molecule has 1 unspecified atom stereocenters. The molecule has 5 nitrogen and oxygen atoms in total. The summed E-state index contributed by atoms with van der Waals surface area (Å²) >= 11 is 1.95. The van der Waals surface area contributed by atoms with Gasteiger partial charge in [-0.1, -0.05) is 13.8 Å². The SMILES string of the molecule is CCc1nc(C(=O)N2CCSC(CC)C2)n[nH]1. The van der Waals surface area contributed by atoms with Crippen LogP contribution in [0.2, 0.25) is 0 Å². The fourth-order valence-corrected chi connectivity index (χ4v) is 3.02. The highest BCUT2D eigenvalue weighted by atomic mass is 32.2. The molecule has 0 bridgehead atoms. The second kappa shape index (κ2) is 5.53. The van der Waals surface area contributed by atoms with Crippen molar-refractivity contribution < 1.29 is 4.79 Å². The predicted octanol–water partition coefficient (Wildman–Crippen LogP) is 1.33. The second-order valence-electron chi connectivity index (χ2n) is 4.11. The van der Waals surface area contributed by atoms with Crippen molar-refractivity contribution in [3.05, 3.63) is 11.6 Å². The van der Waals surface area contributed by atoms with E-state index in [9.17, 15) is 4.79 Å². The Labute approximate surface area is 105 Å². The third kappa shape index (κ3) is 2.80. The lowest BCUT2D eigenvalue weighted by atomic mass is 10.3. The largest absolute Gasteiger partial charge is 0.334 e. The van der Waals surface area contributed by atoms with Crippen LogP contribution in [0.1, 0.15) is 36.7 Å². The number of thioether (sulfide) groups is 1. The van der Waals surface area contributed by atoms with E-state index in [0.717, 1.165) is 37.5 Å². The van der Waals surface area contributed by atoms with E-state index in [1.165, 1.54) is 0 Å². The van der Waals surface area contributed by atoms with E-state index in [0.29, 0.717) is 11.1 Å². The maximum absolute atomic E-state index is 12.2. The van der Waals surface area contributed by atoms with Crippen molar-refractivity contribution in [1.29, 1.82) is 0 Å². The number of aromatic nitrogens is 3. The lowest BCUT2D eigenvalue weighted by molar-refractivity contribution is 0.0749. The Balaban J connectivity index is 2.03. The summed E-state index contributed by atoms with van der Waals surface area (Å²) in [6.07, 6.45) is 1.87. The molecule has 1 amide bonds. The molecule has 94 valence electrons. The molecule has 1 aliphatic heterocycles. The highest BCUT2D eigenvalue weighted by molar-refractivity contribution is 8.00. The maximum Gasteiger partial charge on any atom is 0.293 e. The molecule has 0 saturated carbocycles. The number of carbonyl (C=O) groups excluding carboxylic acids is 1. The van der Waals surface area contributed by atoms with Gasteiger partial charge in [-0.3, -0.25) is 9.89 Å². The van der Waals surface area contributed by atoms with Crippen molar-refractivity contribution in [2.75, 3.05) is 18.8 Å². The molecular formula is C11H18N4OS. The first-order chi connectivity index (χ1) is 8.24. The highest BCUT2D eigenvalue weighted by Crippen LogP contribution is 2.21. The minimum Gasteiger partial charge on any atom is -0.334 e. The van der Waals surface area contributed by atoms with Gasteiger partial charge in [-0.05, 0) is 6.42 Å². The molecule has 17 heavy (non-hydrogen) atoms. The van der Waals surface area contributed by atoms with E-state index in [-0.39, 0.29) is 5.91 Å². The van der Waals surface area contributed by atoms with E-state index < -0.39 is 0 Å². The number of hydrogen-bond acceptors (Lipinski definition) is 4. The molecule has 1 fully saturated rings. The van der Waals surface area contributed by atoms with Gasteiger partial charge >= 0.3 is 0 Å². The maximum atomic E-state index is 12.2. The van der Waals surface area contributed by atoms with Crippen LogP contribution >= 0.6 is 11.8 Å². The lowest BCUT2D eigenvalue weighted by Crippen LogP contribution is -2.42. The second-order valence-corrected chi connectivity index (χ2v) is 5.52. The predicted molar refractivity (Wildman–Crippen MR) is 68.2 cm³/mol. The Bertz CT molecular complexity index is 393. The minimum atomic E-state index is -0.0419. The van der Waals surface area contributed by atoms with E-state index in [1.54, 1.807) is 0 Å². The third-order valence-corrected chi connectivity index (χ3v) is 4.31. The van der Waals surface area contributed by atoms with E-state index in [1.807, 2.05) is 23.6 Å². The van der Waals surface area contributed by atoms with Gasteiger partial charge in [0.1, 0.15) is 5.82 Å². The van der Waals surface area contributed by atoms with E-state index in [4.69, 9.17) is 0 Å². The van der Waals surface area contributed by atoms with Crippen molar-refractivity contribution in [1.82, 2.24) is 20.1 Å². The summed E-state index contributed by atoms with van der Waals surface area (Å²) in [7, 11) is 0. The fraction of sp³-hybridized carbons (Fsp3) is 0.727. The summed E-state index contributed by atoms with van der Waals surface area (Å²) < 4.78 is 0. The normalized spacial score (nSPS) is 20.6. The van der Waals surface area contributed by atoms with Crippen LogP contribution in [0, 0.1) is 0 Å². The van der Waals surface area contributed by atoms with Crippen molar-refractivity contribution in [3.63, 3.8) is 0 Å². The van der Waals surface area contributed by atoms with Gasteiger partial charge in [0.05, 0.1) is 0 Å². The zero-order chi connectivity index (χ0) is 12.3. The van der Waals surface area contributed by atoms with Crippen LogP contribution in [0.4, 0.5) is 0 Å². The number of aromatic amines is 1. The number of aryl methyl sites for hydroxylation is 1. The number of hydrogen-bond donors (Lipinski definition) is 1. The van der Waals surface area contributed by atoms with Crippen molar-refractivity contribution in [2.45, 2.75) is 31.9 Å². The first-order valence-electron chi connectivity index (χ1n) is 6.06. The van der Waals surface area contributed by atoms with Gasteiger partial charge in [0, 0.05) is 30.5 Å². The monoisotopic (exact) mass is 254 g/mol. The van der Waals surface area contributed by atoms with Crippen LogP contribution < -0.4 is 0 Å². The zero-order valence-corrected chi connectivity index (χ0v) is 11.1. The number of H-pyrrole nitrogens is 1. The lowest BCUT2D eigenvalue weighted by Gasteiger charge is -2.31. The highest BCUT2D eigenvalue weighted by Gasteiger charge is 2.26. The van der Waals surface area contributed by atoms with Crippen LogP contribution in [0.15, 0.2) is 0 Å². The summed E-state index contributed by atoms with van der Waals surface area (Å²) in [5, 5.41) is 7.32. The molecule has 1 aliphatic rings. The quantitative estimate of drug-likeness (QED) is 0.884. The average Bonchev–Trinajstić information content (AvgIpc) is 2.86. The zero-order valence-electron chi connectivity index (χ0n) is 10.3. The van der Waals surface area contributed by atoms with Gasteiger partial charge in [0.15, 0.2) is 0 Å². The summed E-state index contributed by atoms with van der Waals surface area (Å²) in [5.41, 5.74) is 0. The van der Waals surface area contributed by atoms with E-state index in [2.05, 4.69) is 22.1 Å². The molecule has 2 heterocycles. The number of nitrogens with zero attached hydrogens (tertiary/aromatic N) is 3. The van der Waals surface area contributed by atoms with Crippen molar-refractivity contribution in [2.24, 2.45) is 0 Å². The van der Waals surface area contributed by atoms with Crippen molar-refractivity contribution >= 4 is 17.7 Å². The Morgan fingerprint density at radius 3 is 3.06 bits per heavy atom. The van der Waals surface area contributed by atoms with Crippen molar-refractivity contribution in [3.8, 4) is 0 Å².